The minimum absolute atomic E-state index is 0.125. The number of ether oxygens (including phenoxy) is 2. The summed E-state index contributed by atoms with van der Waals surface area (Å²) in [6, 6.07) is 0. The van der Waals surface area contributed by atoms with Gasteiger partial charge in [-0.05, 0) is 13.8 Å². The molecule has 0 aromatic rings. The molecule has 0 radical (unpaired) electrons. The van der Waals surface area contributed by atoms with Gasteiger partial charge in [0.2, 0.25) is 0 Å². The molecule has 0 rings (SSSR count). The summed E-state index contributed by atoms with van der Waals surface area (Å²) in [6.07, 6.45) is 0.470. The Morgan fingerprint density at radius 3 is 1.42 bits per heavy atom. The standard InChI is InChI=1S/C11H16O4.C2H6O2/c1-8(2)10(12)14-6-5-7-15-11(13)9(3)4;3-1-2-4/h1,3,5-7H2,2,4H3;3-4H,1-2H2. The number of hydrogen-bond acceptors (Lipinski definition) is 6. The van der Waals surface area contributed by atoms with Gasteiger partial charge in [-0.3, -0.25) is 0 Å². The van der Waals surface area contributed by atoms with Crippen molar-refractivity contribution in [2.75, 3.05) is 26.4 Å². The first-order valence-electron chi connectivity index (χ1n) is 5.73. The van der Waals surface area contributed by atoms with Crippen LogP contribution >= 0.6 is 0 Å². The second-order valence-electron chi connectivity index (χ2n) is 3.63. The van der Waals surface area contributed by atoms with Crippen LogP contribution in [0.1, 0.15) is 20.3 Å². The van der Waals surface area contributed by atoms with Crippen LogP contribution < -0.4 is 0 Å². The smallest absolute Gasteiger partial charge is 0.333 e. The van der Waals surface area contributed by atoms with E-state index < -0.39 is 11.9 Å². The van der Waals surface area contributed by atoms with E-state index in [-0.39, 0.29) is 26.4 Å². The number of hydrogen-bond donors (Lipinski definition) is 2. The Kier molecular flexibility index (Phi) is 13.2. The first-order valence-corrected chi connectivity index (χ1v) is 5.73. The zero-order valence-electron chi connectivity index (χ0n) is 11.5. The molecule has 2 N–H and O–H groups in total. The fraction of sp³-hybridized carbons (Fsp3) is 0.538. The van der Waals surface area contributed by atoms with Gasteiger partial charge in [0, 0.05) is 17.6 Å². The SMILES string of the molecule is C=C(C)C(=O)OCCCOC(=O)C(=C)C.OCCO. The summed E-state index contributed by atoms with van der Waals surface area (Å²) in [7, 11) is 0. The van der Waals surface area contributed by atoms with Crippen LogP contribution in [0.2, 0.25) is 0 Å². The van der Waals surface area contributed by atoms with Crippen molar-refractivity contribution in [3.8, 4) is 0 Å². The van der Waals surface area contributed by atoms with Crippen LogP contribution in [-0.4, -0.2) is 48.6 Å². The van der Waals surface area contributed by atoms with Crippen molar-refractivity contribution in [1.82, 2.24) is 0 Å². The average molecular weight is 274 g/mol. The van der Waals surface area contributed by atoms with Gasteiger partial charge in [0.25, 0.3) is 0 Å². The van der Waals surface area contributed by atoms with Gasteiger partial charge in [0.15, 0.2) is 0 Å². The zero-order valence-corrected chi connectivity index (χ0v) is 11.5. The molecular formula is C13H22O6. The number of esters is 2. The Bertz CT molecular complexity index is 278. The van der Waals surface area contributed by atoms with Crippen molar-refractivity contribution in [3.63, 3.8) is 0 Å². The lowest BCUT2D eigenvalue weighted by Crippen LogP contribution is -2.11. The number of aliphatic hydroxyl groups excluding tert-OH is 2. The molecule has 0 aromatic heterocycles. The van der Waals surface area contributed by atoms with Gasteiger partial charge >= 0.3 is 11.9 Å². The molecule has 0 aliphatic carbocycles. The monoisotopic (exact) mass is 274 g/mol. The van der Waals surface area contributed by atoms with Crippen LogP contribution in [0.25, 0.3) is 0 Å². The molecule has 19 heavy (non-hydrogen) atoms. The molecule has 0 aliphatic rings. The third-order valence-corrected chi connectivity index (χ3v) is 1.55. The number of carbonyl (C=O) groups is 2. The van der Waals surface area contributed by atoms with Gasteiger partial charge in [-0.1, -0.05) is 13.2 Å². The van der Waals surface area contributed by atoms with Gasteiger partial charge in [0.05, 0.1) is 26.4 Å². The highest BCUT2D eigenvalue weighted by Crippen LogP contribution is 1.96. The molecule has 0 saturated heterocycles. The largest absolute Gasteiger partial charge is 0.462 e. The molecular weight excluding hydrogens is 252 g/mol. The highest BCUT2D eigenvalue weighted by atomic mass is 16.5. The van der Waals surface area contributed by atoms with Crippen molar-refractivity contribution in [2.24, 2.45) is 0 Å². The summed E-state index contributed by atoms with van der Waals surface area (Å²) >= 11 is 0. The predicted molar refractivity (Wildman–Crippen MR) is 70.3 cm³/mol. The Balaban J connectivity index is 0. The second-order valence-corrected chi connectivity index (χ2v) is 3.63. The molecule has 6 heteroatoms. The van der Waals surface area contributed by atoms with Crippen molar-refractivity contribution in [3.05, 3.63) is 24.3 Å². The molecule has 0 aromatic carbocycles. The topological polar surface area (TPSA) is 93.1 Å². The Labute approximate surface area is 113 Å². The maximum atomic E-state index is 10.9. The normalized spacial score (nSPS) is 8.84. The average Bonchev–Trinajstić information content (AvgIpc) is 2.37. The molecule has 0 spiro atoms. The molecule has 110 valence electrons. The van der Waals surface area contributed by atoms with Crippen LogP contribution in [0, 0.1) is 0 Å². The van der Waals surface area contributed by atoms with Gasteiger partial charge < -0.3 is 19.7 Å². The highest BCUT2D eigenvalue weighted by molar-refractivity contribution is 5.87. The molecule has 0 atom stereocenters. The van der Waals surface area contributed by atoms with E-state index in [1.54, 1.807) is 13.8 Å². The van der Waals surface area contributed by atoms with E-state index in [1.165, 1.54) is 0 Å². The third kappa shape index (κ3) is 14.3. The summed E-state index contributed by atoms with van der Waals surface area (Å²) in [4.78, 5) is 21.8. The lowest BCUT2D eigenvalue weighted by atomic mass is 10.3. The number of rotatable bonds is 7. The molecule has 0 unspecified atom stereocenters. The third-order valence-electron chi connectivity index (χ3n) is 1.55. The Morgan fingerprint density at radius 2 is 1.21 bits per heavy atom. The maximum absolute atomic E-state index is 10.9. The quantitative estimate of drug-likeness (QED) is 0.401. The van der Waals surface area contributed by atoms with Crippen molar-refractivity contribution in [1.29, 1.82) is 0 Å². The van der Waals surface area contributed by atoms with E-state index in [9.17, 15) is 9.59 Å². The Morgan fingerprint density at radius 1 is 0.895 bits per heavy atom. The van der Waals surface area contributed by atoms with Crippen molar-refractivity contribution >= 4 is 11.9 Å². The van der Waals surface area contributed by atoms with Crippen LogP contribution in [0.15, 0.2) is 24.3 Å². The van der Waals surface area contributed by atoms with Gasteiger partial charge in [-0.2, -0.15) is 0 Å². The Hall–Kier alpha value is -1.66. The molecule has 6 nitrogen and oxygen atoms in total. The van der Waals surface area contributed by atoms with Crippen LogP contribution in [-0.2, 0) is 19.1 Å². The lowest BCUT2D eigenvalue weighted by Gasteiger charge is -2.05. The number of aliphatic hydroxyl groups is 2. The van der Waals surface area contributed by atoms with Gasteiger partial charge in [-0.25, -0.2) is 9.59 Å². The van der Waals surface area contributed by atoms with Crippen molar-refractivity contribution < 1.29 is 29.3 Å². The maximum Gasteiger partial charge on any atom is 0.333 e. The first kappa shape index (κ1) is 19.7. The first-order chi connectivity index (χ1) is 8.86. The van der Waals surface area contributed by atoms with Crippen LogP contribution in [0.5, 0.6) is 0 Å². The number of carbonyl (C=O) groups excluding carboxylic acids is 2. The summed E-state index contributed by atoms with van der Waals surface area (Å²) < 4.78 is 9.59. The van der Waals surface area contributed by atoms with E-state index >= 15 is 0 Å². The van der Waals surface area contributed by atoms with Gasteiger partial charge in [0.1, 0.15) is 0 Å². The molecule has 0 saturated carbocycles. The van der Waals surface area contributed by atoms with E-state index in [1.807, 2.05) is 0 Å². The van der Waals surface area contributed by atoms with E-state index in [2.05, 4.69) is 13.2 Å². The van der Waals surface area contributed by atoms with Crippen LogP contribution in [0.3, 0.4) is 0 Å². The minimum Gasteiger partial charge on any atom is -0.462 e. The molecule has 0 bridgehead atoms. The fourth-order valence-corrected chi connectivity index (χ4v) is 0.635. The van der Waals surface area contributed by atoms with Gasteiger partial charge in [-0.15, -0.1) is 0 Å². The van der Waals surface area contributed by atoms with E-state index in [4.69, 9.17) is 19.7 Å². The van der Waals surface area contributed by atoms with Crippen LogP contribution in [0.4, 0.5) is 0 Å². The second kappa shape index (κ2) is 12.8. The predicted octanol–water partition coefficient (Wildman–Crippen LogP) is 0.586. The minimum atomic E-state index is -0.429. The van der Waals surface area contributed by atoms with Crippen molar-refractivity contribution in [2.45, 2.75) is 20.3 Å². The fourth-order valence-electron chi connectivity index (χ4n) is 0.635. The van der Waals surface area contributed by atoms with E-state index in [0.29, 0.717) is 17.6 Å². The van der Waals surface area contributed by atoms with E-state index in [0.717, 1.165) is 0 Å². The molecule has 0 aliphatic heterocycles. The summed E-state index contributed by atoms with van der Waals surface area (Å²) in [5.74, 6) is -0.859. The zero-order chi connectivity index (χ0) is 15.3. The summed E-state index contributed by atoms with van der Waals surface area (Å²) in [6.45, 7) is 10.2. The molecule has 0 fully saturated rings. The summed E-state index contributed by atoms with van der Waals surface area (Å²) in [5, 5.41) is 15.2. The lowest BCUT2D eigenvalue weighted by molar-refractivity contribution is -0.141. The molecule has 0 heterocycles. The highest BCUT2D eigenvalue weighted by Gasteiger charge is 2.04. The summed E-state index contributed by atoms with van der Waals surface area (Å²) in [5.41, 5.74) is 0.711. The molecule has 0 amide bonds.